The maximum atomic E-state index is 10.9. The quantitative estimate of drug-likeness (QED) is 0.733. The Labute approximate surface area is 82.8 Å². The Balaban J connectivity index is 3.12. The lowest BCUT2D eigenvalue weighted by Crippen LogP contribution is -2.24. The Hall–Kier alpha value is -1.42. The van der Waals surface area contributed by atoms with Crippen LogP contribution in [0.4, 0.5) is 0 Å². The Morgan fingerprint density at radius 3 is 2.79 bits per heavy atom. The van der Waals surface area contributed by atoms with E-state index in [1.54, 1.807) is 12.1 Å². The lowest BCUT2D eigenvalue weighted by molar-refractivity contribution is 0.1000. The number of carbonyl (C=O) groups is 1. The highest BCUT2D eigenvalue weighted by Crippen LogP contribution is 2.20. The summed E-state index contributed by atoms with van der Waals surface area (Å²) < 4.78 is 0. The van der Waals surface area contributed by atoms with Gasteiger partial charge in [0.25, 0.3) is 0 Å². The molecule has 0 saturated carbocycles. The molecule has 0 bridgehead atoms. The molecule has 1 aromatic heterocycles. The number of aromatic nitrogens is 1. The number of primary amides is 1. The number of rotatable bonds is 3. The molecule has 0 fully saturated rings. The van der Waals surface area contributed by atoms with E-state index >= 15 is 0 Å². The van der Waals surface area contributed by atoms with Crippen LogP contribution in [0.1, 0.15) is 29.9 Å². The zero-order valence-electron chi connectivity index (χ0n) is 8.32. The number of pyridine rings is 1. The molecule has 0 aliphatic rings. The van der Waals surface area contributed by atoms with Gasteiger partial charge < -0.3 is 10.8 Å². The lowest BCUT2D eigenvalue weighted by atomic mass is 9.89. The first-order chi connectivity index (χ1) is 6.47. The summed E-state index contributed by atoms with van der Waals surface area (Å²) in [6.07, 6.45) is 1.52. The molecule has 0 aliphatic heterocycles. The second-order valence-electron chi connectivity index (χ2n) is 3.84. The highest BCUT2D eigenvalue weighted by Gasteiger charge is 2.21. The summed E-state index contributed by atoms with van der Waals surface area (Å²) in [4.78, 5) is 15.0. The maximum Gasteiger partial charge on any atom is 0.248 e. The zero-order chi connectivity index (χ0) is 10.8. The first-order valence-electron chi connectivity index (χ1n) is 4.34. The van der Waals surface area contributed by atoms with E-state index in [4.69, 9.17) is 10.8 Å². The molecule has 3 N–H and O–H groups in total. The van der Waals surface area contributed by atoms with Crippen LogP contribution in [0.3, 0.4) is 0 Å². The minimum Gasteiger partial charge on any atom is -0.395 e. The van der Waals surface area contributed by atoms with E-state index in [0.717, 1.165) is 0 Å². The number of nitrogens with two attached hydrogens (primary N) is 1. The second-order valence-corrected chi connectivity index (χ2v) is 3.84. The highest BCUT2D eigenvalue weighted by molar-refractivity contribution is 5.92. The summed E-state index contributed by atoms with van der Waals surface area (Å²) in [5.74, 6) is -0.484. The van der Waals surface area contributed by atoms with Gasteiger partial charge in [0.2, 0.25) is 5.91 Å². The summed E-state index contributed by atoms with van der Waals surface area (Å²) in [6.45, 7) is 3.67. The van der Waals surface area contributed by atoms with E-state index in [0.29, 0.717) is 11.3 Å². The van der Waals surface area contributed by atoms with Crippen LogP contribution in [0.5, 0.6) is 0 Å². The van der Waals surface area contributed by atoms with Crippen molar-refractivity contribution in [2.24, 2.45) is 5.73 Å². The molecule has 1 heterocycles. The number of aliphatic hydroxyl groups is 1. The highest BCUT2D eigenvalue weighted by atomic mass is 16.3. The SMILES string of the molecule is CC(C)(CO)c1cc(C(N)=O)ccn1. The van der Waals surface area contributed by atoms with Gasteiger partial charge in [0.1, 0.15) is 0 Å². The largest absolute Gasteiger partial charge is 0.395 e. The molecule has 1 rings (SSSR count). The number of nitrogens with zero attached hydrogens (tertiary/aromatic N) is 1. The predicted octanol–water partition coefficient (Wildman–Crippen LogP) is 0.450. The van der Waals surface area contributed by atoms with Gasteiger partial charge in [-0.2, -0.15) is 0 Å². The lowest BCUT2D eigenvalue weighted by Gasteiger charge is -2.20. The van der Waals surface area contributed by atoms with Gasteiger partial charge in [-0.1, -0.05) is 13.8 Å². The van der Waals surface area contributed by atoms with Crippen molar-refractivity contribution in [1.82, 2.24) is 4.98 Å². The Kier molecular flexibility index (Phi) is 2.86. The van der Waals surface area contributed by atoms with Crippen molar-refractivity contribution in [3.05, 3.63) is 29.6 Å². The first kappa shape index (κ1) is 10.7. The van der Waals surface area contributed by atoms with Gasteiger partial charge in [-0.05, 0) is 12.1 Å². The number of amides is 1. The van der Waals surface area contributed by atoms with E-state index in [1.807, 2.05) is 13.8 Å². The minimum atomic E-state index is -0.484. The van der Waals surface area contributed by atoms with Crippen molar-refractivity contribution < 1.29 is 9.90 Å². The molecule has 0 aromatic carbocycles. The van der Waals surface area contributed by atoms with Gasteiger partial charge in [0, 0.05) is 22.9 Å². The normalized spacial score (nSPS) is 11.4. The summed E-state index contributed by atoms with van der Waals surface area (Å²) in [6, 6.07) is 3.16. The first-order valence-corrected chi connectivity index (χ1v) is 4.34. The van der Waals surface area contributed by atoms with E-state index in [9.17, 15) is 4.79 Å². The molecule has 0 atom stereocenters. The number of carbonyl (C=O) groups excluding carboxylic acids is 1. The molecule has 0 unspecified atom stereocenters. The average molecular weight is 194 g/mol. The molecule has 0 saturated heterocycles. The molecule has 0 aliphatic carbocycles. The molecule has 0 spiro atoms. The third-order valence-corrected chi connectivity index (χ3v) is 2.13. The van der Waals surface area contributed by atoms with E-state index in [2.05, 4.69) is 4.98 Å². The molecule has 76 valence electrons. The van der Waals surface area contributed by atoms with Crippen molar-refractivity contribution in [2.75, 3.05) is 6.61 Å². The molecule has 0 radical (unpaired) electrons. The fourth-order valence-electron chi connectivity index (χ4n) is 1.03. The van der Waals surface area contributed by atoms with Gasteiger partial charge in [0.15, 0.2) is 0 Å². The molecule has 1 aromatic rings. The third kappa shape index (κ3) is 2.09. The van der Waals surface area contributed by atoms with Crippen LogP contribution in [0.2, 0.25) is 0 Å². The fourth-order valence-corrected chi connectivity index (χ4v) is 1.03. The predicted molar refractivity (Wildman–Crippen MR) is 52.9 cm³/mol. The summed E-state index contributed by atoms with van der Waals surface area (Å²) in [5.41, 5.74) is 5.76. The Morgan fingerprint density at radius 2 is 2.29 bits per heavy atom. The van der Waals surface area contributed by atoms with Crippen molar-refractivity contribution in [3.8, 4) is 0 Å². The monoisotopic (exact) mass is 194 g/mol. The summed E-state index contributed by atoms with van der Waals surface area (Å²) in [7, 11) is 0. The molecule has 4 heteroatoms. The molecule has 4 nitrogen and oxygen atoms in total. The summed E-state index contributed by atoms with van der Waals surface area (Å²) >= 11 is 0. The fraction of sp³-hybridized carbons (Fsp3) is 0.400. The van der Waals surface area contributed by atoms with Crippen LogP contribution in [0.25, 0.3) is 0 Å². The molecule has 14 heavy (non-hydrogen) atoms. The van der Waals surface area contributed by atoms with E-state index in [1.165, 1.54) is 6.20 Å². The Morgan fingerprint density at radius 1 is 1.64 bits per heavy atom. The van der Waals surface area contributed by atoms with Gasteiger partial charge in [0.05, 0.1) is 6.61 Å². The maximum absolute atomic E-state index is 10.9. The number of hydrogen-bond donors (Lipinski definition) is 2. The van der Waals surface area contributed by atoms with Gasteiger partial charge >= 0.3 is 0 Å². The van der Waals surface area contributed by atoms with Crippen LogP contribution in [0.15, 0.2) is 18.3 Å². The van der Waals surface area contributed by atoms with E-state index < -0.39 is 11.3 Å². The van der Waals surface area contributed by atoms with Crippen LogP contribution >= 0.6 is 0 Å². The topological polar surface area (TPSA) is 76.2 Å². The number of hydrogen-bond acceptors (Lipinski definition) is 3. The van der Waals surface area contributed by atoms with Crippen molar-refractivity contribution in [2.45, 2.75) is 19.3 Å². The van der Waals surface area contributed by atoms with Crippen molar-refractivity contribution >= 4 is 5.91 Å². The molecular weight excluding hydrogens is 180 g/mol. The van der Waals surface area contributed by atoms with Gasteiger partial charge in [-0.25, -0.2) is 0 Å². The average Bonchev–Trinajstić information content (AvgIpc) is 2.18. The van der Waals surface area contributed by atoms with Crippen LogP contribution < -0.4 is 5.73 Å². The minimum absolute atomic E-state index is 0.0256. The second kappa shape index (κ2) is 3.75. The smallest absolute Gasteiger partial charge is 0.248 e. The summed E-state index contributed by atoms with van der Waals surface area (Å²) in [5, 5.41) is 9.12. The third-order valence-electron chi connectivity index (χ3n) is 2.13. The number of aliphatic hydroxyl groups excluding tert-OH is 1. The van der Waals surface area contributed by atoms with Gasteiger partial charge in [-0.15, -0.1) is 0 Å². The van der Waals surface area contributed by atoms with Crippen LogP contribution in [-0.2, 0) is 5.41 Å². The van der Waals surface area contributed by atoms with Crippen LogP contribution in [0, 0.1) is 0 Å². The molecule has 1 amide bonds. The van der Waals surface area contributed by atoms with Crippen LogP contribution in [-0.4, -0.2) is 22.6 Å². The molecular formula is C10H14N2O2. The zero-order valence-corrected chi connectivity index (χ0v) is 8.32. The Bertz CT molecular complexity index is 348. The van der Waals surface area contributed by atoms with Crippen molar-refractivity contribution in [1.29, 1.82) is 0 Å². The van der Waals surface area contributed by atoms with Crippen molar-refractivity contribution in [3.63, 3.8) is 0 Å². The standard InChI is InChI=1S/C10H14N2O2/c1-10(2,6-13)8-5-7(9(11)14)3-4-12-8/h3-5,13H,6H2,1-2H3,(H2,11,14). The van der Waals surface area contributed by atoms with Gasteiger partial charge in [-0.3, -0.25) is 9.78 Å². The van der Waals surface area contributed by atoms with E-state index in [-0.39, 0.29) is 6.61 Å².